The van der Waals surface area contributed by atoms with E-state index in [9.17, 15) is 0 Å². The van der Waals surface area contributed by atoms with E-state index < -0.39 is 0 Å². The van der Waals surface area contributed by atoms with E-state index in [2.05, 4.69) is 5.32 Å². The highest BCUT2D eigenvalue weighted by atomic mass is 35.5. The van der Waals surface area contributed by atoms with E-state index in [1.165, 1.54) is 0 Å². The van der Waals surface area contributed by atoms with Crippen molar-refractivity contribution in [1.82, 2.24) is 5.32 Å². The van der Waals surface area contributed by atoms with Crippen LogP contribution >= 0.6 is 23.2 Å². The Morgan fingerprint density at radius 1 is 1.00 bits per heavy atom. The summed E-state index contributed by atoms with van der Waals surface area (Å²) < 4.78 is 10.8. The Kier molecular flexibility index (Phi) is 9.01. The molecule has 0 aliphatic heterocycles. The van der Waals surface area contributed by atoms with Crippen molar-refractivity contribution in [3.8, 4) is 5.75 Å². The lowest BCUT2D eigenvalue weighted by atomic mass is 10.3. The highest BCUT2D eigenvalue weighted by Crippen LogP contribution is 2.23. The first kappa shape index (κ1) is 16.6. The molecule has 0 heterocycles. The van der Waals surface area contributed by atoms with Crippen molar-refractivity contribution < 1.29 is 9.47 Å². The monoisotopic (exact) mass is 305 g/mol. The van der Waals surface area contributed by atoms with Crippen molar-refractivity contribution in [2.45, 2.75) is 19.8 Å². The van der Waals surface area contributed by atoms with Crippen LogP contribution < -0.4 is 10.1 Å². The zero-order valence-electron chi connectivity index (χ0n) is 11.3. The molecule has 1 aromatic carbocycles. The maximum atomic E-state index is 5.88. The van der Waals surface area contributed by atoms with Crippen molar-refractivity contribution in [1.29, 1.82) is 0 Å². The van der Waals surface area contributed by atoms with Crippen LogP contribution in [0.2, 0.25) is 10.0 Å². The number of unbranched alkanes of at least 4 members (excludes halogenated alkanes) is 1. The molecule has 3 nitrogen and oxygen atoms in total. The molecule has 0 atom stereocenters. The highest BCUT2D eigenvalue weighted by molar-refractivity contribution is 6.34. The summed E-state index contributed by atoms with van der Waals surface area (Å²) in [4.78, 5) is 0. The summed E-state index contributed by atoms with van der Waals surface area (Å²) in [7, 11) is 0. The van der Waals surface area contributed by atoms with Crippen LogP contribution in [0.4, 0.5) is 0 Å². The Morgan fingerprint density at radius 2 is 1.74 bits per heavy atom. The Hall–Kier alpha value is -0.480. The van der Waals surface area contributed by atoms with Crippen molar-refractivity contribution in [3.63, 3.8) is 0 Å². The summed E-state index contributed by atoms with van der Waals surface area (Å²) in [5.74, 6) is 0.704. The lowest BCUT2D eigenvalue weighted by Crippen LogP contribution is -2.22. The summed E-state index contributed by atoms with van der Waals surface area (Å²) in [6.45, 7) is 6.03. The number of nitrogens with one attached hydrogen (secondary N) is 1. The van der Waals surface area contributed by atoms with Crippen LogP contribution in [0, 0.1) is 0 Å². The highest BCUT2D eigenvalue weighted by Gasteiger charge is 1.98. The molecule has 19 heavy (non-hydrogen) atoms. The molecule has 0 aliphatic rings. The van der Waals surface area contributed by atoms with Gasteiger partial charge in [-0.3, -0.25) is 0 Å². The molecule has 0 amide bonds. The fourth-order valence-corrected chi connectivity index (χ4v) is 2.08. The number of rotatable bonds is 10. The largest absolute Gasteiger partial charge is 0.492 e. The lowest BCUT2D eigenvalue weighted by Gasteiger charge is -2.08. The van der Waals surface area contributed by atoms with Gasteiger partial charge in [0.15, 0.2) is 0 Å². The second kappa shape index (κ2) is 10.3. The Balaban J connectivity index is 2.01. The quantitative estimate of drug-likeness (QED) is 0.667. The number of hydrogen-bond donors (Lipinski definition) is 1. The number of ether oxygens (including phenoxy) is 2. The van der Waals surface area contributed by atoms with Gasteiger partial charge < -0.3 is 14.8 Å². The molecule has 5 heteroatoms. The van der Waals surface area contributed by atoms with Gasteiger partial charge in [-0.15, -0.1) is 0 Å². The van der Waals surface area contributed by atoms with Crippen LogP contribution in [0.3, 0.4) is 0 Å². The Bertz CT molecular complexity index is 341. The normalized spacial score (nSPS) is 10.7. The van der Waals surface area contributed by atoms with Gasteiger partial charge in [-0.05, 0) is 44.5 Å². The Labute approximate surface area is 125 Å². The van der Waals surface area contributed by atoms with E-state index in [1.807, 2.05) is 6.92 Å². The molecule has 0 radical (unpaired) electrons. The second-order valence-electron chi connectivity index (χ2n) is 4.11. The van der Waals surface area contributed by atoms with E-state index in [-0.39, 0.29) is 0 Å². The molecule has 108 valence electrons. The molecule has 0 bridgehead atoms. The minimum Gasteiger partial charge on any atom is -0.492 e. The van der Waals surface area contributed by atoms with Gasteiger partial charge in [-0.1, -0.05) is 23.2 Å². The zero-order chi connectivity index (χ0) is 13.9. The van der Waals surface area contributed by atoms with Gasteiger partial charge in [0, 0.05) is 29.8 Å². The molecule has 0 unspecified atom stereocenters. The van der Waals surface area contributed by atoms with Gasteiger partial charge in [-0.25, -0.2) is 0 Å². The van der Waals surface area contributed by atoms with Crippen LogP contribution in [0.25, 0.3) is 0 Å². The van der Waals surface area contributed by atoms with Crippen molar-refractivity contribution in [2.24, 2.45) is 0 Å². The SMILES string of the molecule is CCOCCCCNCCOc1cc(Cl)cc(Cl)c1. The summed E-state index contributed by atoms with van der Waals surface area (Å²) in [5, 5.41) is 4.49. The maximum Gasteiger partial charge on any atom is 0.122 e. The fraction of sp³-hybridized carbons (Fsp3) is 0.571. The number of halogens is 2. The molecule has 1 N–H and O–H groups in total. The van der Waals surface area contributed by atoms with Crippen LogP contribution in [-0.4, -0.2) is 32.9 Å². The first-order chi connectivity index (χ1) is 9.22. The van der Waals surface area contributed by atoms with Crippen LogP contribution in [0.15, 0.2) is 18.2 Å². The van der Waals surface area contributed by atoms with Crippen molar-refractivity contribution in [2.75, 3.05) is 32.9 Å². The molecule has 0 spiro atoms. The van der Waals surface area contributed by atoms with E-state index >= 15 is 0 Å². The first-order valence-corrected chi connectivity index (χ1v) is 7.35. The van der Waals surface area contributed by atoms with E-state index in [1.54, 1.807) is 18.2 Å². The van der Waals surface area contributed by atoms with Crippen molar-refractivity contribution in [3.05, 3.63) is 28.2 Å². The standard InChI is InChI=1S/C14H21Cl2NO2/c1-2-18-7-4-3-5-17-6-8-19-14-10-12(15)9-13(16)11-14/h9-11,17H,2-8H2,1H3. The fourth-order valence-electron chi connectivity index (χ4n) is 1.58. The van der Waals surface area contributed by atoms with Gasteiger partial charge >= 0.3 is 0 Å². The molecule has 0 saturated carbocycles. The molecule has 0 fully saturated rings. The van der Waals surface area contributed by atoms with Gasteiger partial charge in [0.2, 0.25) is 0 Å². The van der Waals surface area contributed by atoms with Gasteiger partial charge in [0.05, 0.1) is 0 Å². The molecule has 1 aromatic rings. The van der Waals surface area contributed by atoms with Crippen molar-refractivity contribution >= 4 is 23.2 Å². The second-order valence-corrected chi connectivity index (χ2v) is 4.98. The zero-order valence-corrected chi connectivity index (χ0v) is 12.8. The maximum absolute atomic E-state index is 5.88. The predicted molar refractivity (Wildman–Crippen MR) is 80.6 cm³/mol. The summed E-state index contributed by atoms with van der Waals surface area (Å²) in [5.41, 5.74) is 0. The molecular weight excluding hydrogens is 285 g/mol. The van der Waals surface area contributed by atoms with Crippen LogP contribution in [0.5, 0.6) is 5.75 Å². The van der Waals surface area contributed by atoms with E-state index in [4.69, 9.17) is 32.7 Å². The number of hydrogen-bond acceptors (Lipinski definition) is 3. The molecule has 0 aromatic heterocycles. The minimum atomic E-state index is 0.589. The van der Waals surface area contributed by atoms with Gasteiger partial charge in [0.1, 0.15) is 12.4 Å². The topological polar surface area (TPSA) is 30.5 Å². The average Bonchev–Trinajstić information content (AvgIpc) is 2.36. The average molecular weight is 306 g/mol. The summed E-state index contributed by atoms with van der Waals surface area (Å²) in [6, 6.07) is 5.21. The molecule has 0 saturated heterocycles. The number of benzene rings is 1. The van der Waals surface area contributed by atoms with Crippen LogP contribution in [0.1, 0.15) is 19.8 Å². The summed E-state index contributed by atoms with van der Waals surface area (Å²) >= 11 is 11.8. The lowest BCUT2D eigenvalue weighted by molar-refractivity contribution is 0.143. The summed E-state index contributed by atoms with van der Waals surface area (Å²) in [6.07, 6.45) is 2.20. The third-order valence-electron chi connectivity index (χ3n) is 2.48. The first-order valence-electron chi connectivity index (χ1n) is 6.59. The third-order valence-corrected chi connectivity index (χ3v) is 2.92. The molecular formula is C14H21Cl2NO2. The third kappa shape index (κ3) is 8.32. The molecule has 1 rings (SSSR count). The Morgan fingerprint density at radius 3 is 2.42 bits per heavy atom. The van der Waals surface area contributed by atoms with E-state index in [0.717, 1.165) is 39.1 Å². The van der Waals surface area contributed by atoms with Gasteiger partial charge in [-0.2, -0.15) is 0 Å². The molecule has 0 aliphatic carbocycles. The van der Waals surface area contributed by atoms with E-state index in [0.29, 0.717) is 22.4 Å². The van der Waals surface area contributed by atoms with Gasteiger partial charge in [0.25, 0.3) is 0 Å². The van der Waals surface area contributed by atoms with Crippen LogP contribution in [-0.2, 0) is 4.74 Å². The minimum absolute atomic E-state index is 0.589. The smallest absolute Gasteiger partial charge is 0.122 e. The predicted octanol–water partition coefficient (Wildman–Crippen LogP) is 3.78.